The molecule has 21 heavy (non-hydrogen) atoms. The van der Waals surface area contributed by atoms with Gasteiger partial charge in [-0.15, -0.1) is 0 Å². The molecule has 1 heterocycles. The molecule has 3 heteroatoms. The Balaban J connectivity index is 1.86. The van der Waals surface area contributed by atoms with Gasteiger partial charge < -0.3 is 10.7 Å². The average Bonchev–Trinajstić information content (AvgIpc) is 3.13. The molecule has 3 aromatic rings. The highest BCUT2D eigenvalue weighted by molar-refractivity contribution is 5.80. The van der Waals surface area contributed by atoms with Crippen LogP contribution in [0.15, 0.2) is 36.4 Å². The second-order valence-corrected chi connectivity index (χ2v) is 6.27. The van der Waals surface area contributed by atoms with Gasteiger partial charge in [0.1, 0.15) is 5.82 Å². The molecule has 1 fully saturated rings. The van der Waals surface area contributed by atoms with Gasteiger partial charge >= 0.3 is 0 Å². The minimum absolute atomic E-state index is 0.0626. The Morgan fingerprint density at radius 1 is 1.10 bits per heavy atom. The predicted molar refractivity (Wildman–Crippen MR) is 86.4 cm³/mol. The first-order chi connectivity index (χ1) is 10.1. The summed E-state index contributed by atoms with van der Waals surface area (Å²) in [7, 11) is 0. The number of aromatic nitrogens is 2. The van der Waals surface area contributed by atoms with Crippen LogP contribution in [0.2, 0.25) is 0 Å². The zero-order chi connectivity index (χ0) is 14.6. The maximum absolute atomic E-state index is 5.80. The van der Waals surface area contributed by atoms with Gasteiger partial charge in [0.25, 0.3) is 0 Å². The van der Waals surface area contributed by atoms with Crippen LogP contribution in [-0.2, 0) is 5.41 Å². The van der Waals surface area contributed by atoms with Crippen LogP contribution < -0.4 is 5.73 Å². The van der Waals surface area contributed by atoms with E-state index in [2.05, 4.69) is 43.1 Å². The van der Waals surface area contributed by atoms with Crippen molar-refractivity contribution >= 4 is 16.7 Å². The van der Waals surface area contributed by atoms with E-state index in [1.54, 1.807) is 0 Å². The standard InChI is InChI=1S/C18H19N3/c1-11-9-12(2)16-15(10-11)20-17(21-16)18(7-8-18)13-3-5-14(19)6-4-13/h3-6,9-10H,7-8,19H2,1-2H3,(H,20,21). The third-order valence-electron chi connectivity index (χ3n) is 4.59. The molecule has 0 aliphatic heterocycles. The summed E-state index contributed by atoms with van der Waals surface area (Å²) >= 11 is 0. The SMILES string of the molecule is Cc1cc(C)c2nc(C3(c4ccc(N)cc4)CC3)[nH]c2c1. The molecule has 1 aromatic heterocycles. The van der Waals surface area contributed by atoms with Crippen molar-refractivity contribution in [3.05, 3.63) is 58.9 Å². The molecule has 4 rings (SSSR count). The number of imidazole rings is 1. The lowest BCUT2D eigenvalue weighted by Gasteiger charge is -2.12. The van der Waals surface area contributed by atoms with E-state index in [9.17, 15) is 0 Å². The molecule has 2 aromatic carbocycles. The molecule has 0 atom stereocenters. The molecule has 0 bridgehead atoms. The summed E-state index contributed by atoms with van der Waals surface area (Å²) in [6.45, 7) is 4.25. The van der Waals surface area contributed by atoms with E-state index in [0.717, 1.165) is 35.4 Å². The Kier molecular flexibility index (Phi) is 2.43. The van der Waals surface area contributed by atoms with Gasteiger partial charge in [-0.25, -0.2) is 4.98 Å². The van der Waals surface area contributed by atoms with E-state index in [-0.39, 0.29) is 5.41 Å². The minimum Gasteiger partial charge on any atom is -0.399 e. The van der Waals surface area contributed by atoms with Crippen LogP contribution in [0.25, 0.3) is 11.0 Å². The Labute approximate surface area is 124 Å². The van der Waals surface area contributed by atoms with Crippen LogP contribution in [0.4, 0.5) is 5.69 Å². The van der Waals surface area contributed by atoms with Gasteiger partial charge in [-0.1, -0.05) is 18.2 Å². The molecule has 1 aliphatic rings. The van der Waals surface area contributed by atoms with Crippen molar-refractivity contribution in [1.82, 2.24) is 9.97 Å². The van der Waals surface area contributed by atoms with Gasteiger partial charge in [-0.3, -0.25) is 0 Å². The van der Waals surface area contributed by atoms with E-state index in [4.69, 9.17) is 10.7 Å². The molecule has 0 radical (unpaired) electrons. The maximum atomic E-state index is 5.80. The lowest BCUT2D eigenvalue weighted by Crippen LogP contribution is -2.10. The summed E-state index contributed by atoms with van der Waals surface area (Å²) in [5.41, 5.74) is 12.7. The third-order valence-corrected chi connectivity index (χ3v) is 4.59. The third kappa shape index (κ3) is 1.84. The van der Waals surface area contributed by atoms with Crippen molar-refractivity contribution in [3.63, 3.8) is 0 Å². The fourth-order valence-corrected chi connectivity index (χ4v) is 3.29. The zero-order valence-corrected chi connectivity index (χ0v) is 12.4. The molecule has 0 unspecified atom stereocenters. The van der Waals surface area contributed by atoms with Gasteiger partial charge in [0.05, 0.1) is 16.4 Å². The molecule has 0 saturated heterocycles. The molecule has 0 amide bonds. The predicted octanol–water partition coefficient (Wildman–Crippen LogP) is 3.84. The highest BCUT2D eigenvalue weighted by Crippen LogP contribution is 2.52. The number of anilines is 1. The highest BCUT2D eigenvalue weighted by Gasteiger charge is 2.48. The molecular formula is C18H19N3. The Hall–Kier alpha value is -2.29. The second kappa shape index (κ2) is 4.10. The number of aromatic amines is 1. The number of fused-ring (bicyclic) bond motifs is 1. The first kappa shape index (κ1) is 12.5. The van der Waals surface area contributed by atoms with E-state index in [0.29, 0.717) is 0 Å². The number of hydrogen-bond acceptors (Lipinski definition) is 2. The molecule has 0 spiro atoms. The van der Waals surface area contributed by atoms with Gasteiger partial charge in [-0.05, 0) is 61.6 Å². The smallest absolute Gasteiger partial charge is 0.117 e. The van der Waals surface area contributed by atoms with Crippen molar-refractivity contribution in [2.24, 2.45) is 0 Å². The van der Waals surface area contributed by atoms with Crippen molar-refractivity contribution in [1.29, 1.82) is 0 Å². The van der Waals surface area contributed by atoms with Crippen LogP contribution >= 0.6 is 0 Å². The van der Waals surface area contributed by atoms with Crippen LogP contribution in [0.3, 0.4) is 0 Å². The number of H-pyrrole nitrogens is 1. The van der Waals surface area contributed by atoms with Crippen molar-refractivity contribution in [3.8, 4) is 0 Å². The summed E-state index contributed by atoms with van der Waals surface area (Å²) in [5, 5.41) is 0. The van der Waals surface area contributed by atoms with Crippen molar-refractivity contribution < 1.29 is 0 Å². The lowest BCUT2D eigenvalue weighted by molar-refractivity contribution is 0.779. The fraction of sp³-hybridized carbons (Fsp3) is 0.278. The number of benzene rings is 2. The second-order valence-electron chi connectivity index (χ2n) is 6.27. The summed E-state index contributed by atoms with van der Waals surface area (Å²) < 4.78 is 0. The monoisotopic (exact) mass is 277 g/mol. The Bertz CT molecular complexity index is 824. The summed E-state index contributed by atoms with van der Waals surface area (Å²) in [4.78, 5) is 8.45. The number of rotatable bonds is 2. The van der Waals surface area contributed by atoms with Crippen LogP contribution in [0, 0.1) is 13.8 Å². The summed E-state index contributed by atoms with van der Waals surface area (Å²) in [6, 6.07) is 12.6. The van der Waals surface area contributed by atoms with E-state index in [1.165, 1.54) is 16.7 Å². The largest absolute Gasteiger partial charge is 0.399 e. The minimum atomic E-state index is 0.0626. The number of nitrogens with two attached hydrogens (primary N) is 1. The molecule has 3 N–H and O–H groups in total. The van der Waals surface area contributed by atoms with Gasteiger partial charge in [0.2, 0.25) is 0 Å². The van der Waals surface area contributed by atoms with E-state index >= 15 is 0 Å². The lowest BCUT2D eigenvalue weighted by atomic mass is 9.95. The molecule has 1 aliphatic carbocycles. The van der Waals surface area contributed by atoms with Gasteiger partial charge in [0.15, 0.2) is 0 Å². The van der Waals surface area contributed by atoms with E-state index < -0.39 is 0 Å². The summed E-state index contributed by atoms with van der Waals surface area (Å²) in [6.07, 6.45) is 2.30. The molecule has 1 saturated carbocycles. The van der Waals surface area contributed by atoms with Crippen LogP contribution in [0.1, 0.15) is 35.4 Å². The highest BCUT2D eigenvalue weighted by atomic mass is 15.0. The Morgan fingerprint density at radius 3 is 2.48 bits per heavy atom. The van der Waals surface area contributed by atoms with E-state index in [1.807, 2.05) is 12.1 Å². The number of nitrogens with one attached hydrogen (secondary N) is 1. The van der Waals surface area contributed by atoms with Gasteiger partial charge in [-0.2, -0.15) is 0 Å². The van der Waals surface area contributed by atoms with Crippen LogP contribution in [-0.4, -0.2) is 9.97 Å². The van der Waals surface area contributed by atoms with Gasteiger partial charge in [0, 0.05) is 5.69 Å². The number of hydrogen-bond donors (Lipinski definition) is 2. The number of nitrogens with zero attached hydrogens (tertiary/aromatic N) is 1. The first-order valence-electron chi connectivity index (χ1n) is 7.42. The van der Waals surface area contributed by atoms with Crippen molar-refractivity contribution in [2.45, 2.75) is 32.1 Å². The Morgan fingerprint density at radius 2 is 1.81 bits per heavy atom. The zero-order valence-electron chi connectivity index (χ0n) is 12.4. The fourth-order valence-electron chi connectivity index (χ4n) is 3.29. The first-order valence-corrected chi connectivity index (χ1v) is 7.42. The summed E-state index contributed by atoms with van der Waals surface area (Å²) in [5.74, 6) is 1.09. The molecular weight excluding hydrogens is 258 g/mol. The molecule has 106 valence electrons. The van der Waals surface area contributed by atoms with Crippen LogP contribution in [0.5, 0.6) is 0 Å². The molecule has 3 nitrogen and oxygen atoms in total. The normalized spacial score (nSPS) is 16.3. The number of nitrogen functional groups attached to an aromatic ring is 1. The van der Waals surface area contributed by atoms with Crippen molar-refractivity contribution in [2.75, 3.05) is 5.73 Å². The topological polar surface area (TPSA) is 54.7 Å². The maximum Gasteiger partial charge on any atom is 0.117 e. The quantitative estimate of drug-likeness (QED) is 0.699. The number of aryl methyl sites for hydroxylation is 2. The average molecular weight is 277 g/mol.